The second-order valence-electron chi connectivity index (χ2n) is 3.01. The summed E-state index contributed by atoms with van der Waals surface area (Å²) in [5.41, 5.74) is 2.36. The molecule has 0 bridgehead atoms. The molecule has 0 saturated heterocycles. The summed E-state index contributed by atoms with van der Waals surface area (Å²) in [7, 11) is 2.01. The summed E-state index contributed by atoms with van der Waals surface area (Å²) in [5.74, 6) is 0.345. The molecule has 1 N–H and O–H groups in total. The van der Waals surface area contributed by atoms with Crippen LogP contribution in [0.5, 0.6) is 5.75 Å². The SMILES string of the molecule is CN1C=CCc2cc(O)ccc21. The van der Waals surface area contributed by atoms with E-state index < -0.39 is 0 Å². The summed E-state index contributed by atoms with van der Waals surface area (Å²) < 4.78 is 0. The molecule has 0 saturated carbocycles. The maximum Gasteiger partial charge on any atom is 0.116 e. The van der Waals surface area contributed by atoms with Crippen molar-refractivity contribution in [2.75, 3.05) is 11.9 Å². The van der Waals surface area contributed by atoms with Crippen LogP contribution in [0.2, 0.25) is 0 Å². The Labute approximate surface area is 71.7 Å². The topological polar surface area (TPSA) is 23.5 Å². The minimum Gasteiger partial charge on any atom is -0.508 e. The van der Waals surface area contributed by atoms with Gasteiger partial charge in [0.2, 0.25) is 0 Å². The summed E-state index contributed by atoms with van der Waals surface area (Å²) in [4.78, 5) is 2.05. The molecule has 0 atom stereocenters. The van der Waals surface area contributed by atoms with E-state index in [1.54, 1.807) is 6.07 Å². The van der Waals surface area contributed by atoms with Crippen molar-refractivity contribution >= 4 is 5.69 Å². The summed E-state index contributed by atoms with van der Waals surface area (Å²) >= 11 is 0. The monoisotopic (exact) mass is 161 g/mol. The van der Waals surface area contributed by atoms with Gasteiger partial charge in [0.05, 0.1) is 0 Å². The fraction of sp³-hybridized carbons (Fsp3) is 0.200. The van der Waals surface area contributed by atoms with E-state index >= 15 is 0 Å². The third-order valence-electron chi connectivity index (χ3n) is 2.11. The molecule has 1 aromatic rings. The molecular weight excluding hydrogens is 150 g/mol. The Morgan fingerprint density at radius 3 is 3.08 bits per heavy atom. The van der Waals surface area contributed by atoms with Gasteiger partial charge in [0.15, 0.2) is 0 Å². The third-order valence-corrected chi connectivity index (χ3v) is 2.11. The highest BCUT2D eigenvalue weighted by atomic mass is 16.3. The van der Waals surface area contributed by atoms with E-state index in [0.29, 0.717) is 5.75 Å². The molecule has 2 rings (SSSR count). The van der Waals surface area contributed by atoms with Gasteiger partial charge in [-0.1, -0.05) is 6.08 Å². The second kappa shape index (κ2) is 2.55. The minimum absolute atomic E-state index is 0.345. The van der Waals surface area contributed by atoms with E-state index in [2.05, 4.69) is 11.0 Å². The molecule has 2 heteroatoms. The lowest BCUT2D eigenvalue weighted by Crippen LogP contribution is -2.13. The molecule has 0 fully saturated rings. The molecule has 62 valence electrons. The molecule has 0 aromatic heterocycles. The maximum absolute atomic E-state index is 9.23. The van der Waals surface area contributed by atoms with Crippen LogP contribution in [0, 0.1) is 0 Å². The number of allylic oxidation sites excluding steroid dienone is 1. The average Bonchev–Trinajstić information content (AvgIpc) is 2.04. The van der Waals surface area contributed by atoms with Crippen molar-refractivity contribution in [3.63, 3.8) is 0 Å². The van der Waals surface area contributed by atoms with Crippen molar-refractivity contribution < 1.29 is 5.11 Å². The van der Waals surface area contributed by atoms with Gasteiger partial charge in [-0.2, -0.15) is 0 Å². The average molecular weight is 161 g/mol. The van der Waals surface area contributed by atoms with Crippen molar-refractivity contribution in [2.24, 2.45) is 0 Å². The largest absolute Gasteiger partial charge is 0.508 e. The van der Waals surface area contributed by atoms with Crippen LogP contribution >= 0.6 is 0 Å². The highest BCUT2D eigenvalue weighted by Crippen LogP contribution is 2.27. The van der Waals surface area contributed by atoms with Gasteiger partial charge in [-0.05, 0) is 30.2 Å². The van der Waals surface area contributed by atoms with E-state index in [9.17, 15) is 5.11 Å². The van der Waals surface area contributed by atoms with Gasteiger partial charge in [0.25, 0.3) is 0 Å². The van der Waals surface area contributed by atoms with Crippen LogP contribution < -0.4 is 4.90 Å². The molecule has 0 aliphatic carbocycles. The van der Waals surface area contributed by atoms with Crippen molar-refractivity contribution in [1.29, 1.82) is 0 Å². The highest BCUT2D eigenvalue weighted by Gasteiger charge is 2.08. The Bertz CT molecular complexity index is 331. The number of rotatable bonds is 0. The first-order chi connectivity index (χ1) is 5.77. The van der Waals surface area contributed by atoms with Crippen molar-refractivity contribution in [3.05, 3.63) is 36.0 Å². The van der Waals surface area contributed by atoms with E-state index in [-0.39, 0.29) is 0 Å². The molecule has 1 aliphatic rings. The number of fused-ring (bicyclic) bond motifs is 1. The van der Waals surface area contributed by atoms with Crippen LogP contribution in [-0.2, 0) is 6.42 Å². The zero-order valence-corrected chi connectivity index (χ0v) is 6.99. The Morgan fingerprint density at radius 2 is 2.25 bits per heavy atom. The number of anilines is 1. The van der Waals surface area contributed by atoms with Gasteiger partial charge < -0.3 is 10.0 Å². The zero-order chi connectivity index (χ0) is 8.55. The molecule has 0 amide bonds. The molecule has 1 heterocycles. The van der Waals surface area contributed by atoms with Gasteiger partial charge in [-0.25, -0.2) is 0 Å². The predicted molar refractivity (Wildman–Crippen MR) is 49.4 cm³/mol. The number of hydrogen-bond acceptors (Lipinski definition) is 2. The Morgan fingerprint density at radius 1 is 1.42 bits per heavy atom. The number of phenols is 1. The van der Waals surface area contributed by atoms with Crippen LogP contribution in [-0.4, -0.2) is 12.2 Å². The molecule has 1 aliphatic heterocycles. The maximum atomic E-state index is 9.23. The molecule has 1 aromatic carbocycles. The van der Waals surface area contributed by atoms with Crippen molar-refractivity contribution in [3.8, 4) is 5.75 Å². The number of nitrogens with zero attached hydrogens (tertiary/aromatic N) is 1. The lowest BCUT2D eigenvalue weighted by Gasteiger charge is -2.21. The molecule has 0 spiro atoms. The van der Waals surface area contributed by atoms with Crippen molar-refractivity contribution in [2.45, 2.75) is 6.42 Å². The van der Waals surface area contributed by atoms with Crippen LogP contribution in [0.1, 0.15) is 5.56 Å². The smallest absolute Gasteiger partial charge is 0.116 e. The normalized spacial score (nSPS) is 14.6. The van der Waals surface area contributed by atoms with Gasteiger partial charge in [0, 0.05) is 18.9 Å². The Hall–Kier alpha value is -1.44. The number of hydrogen-bond donors (Lipinski definition) is 1. The van der Waals surface area contributed by atoms with Crippen LogP contribution in [0.3, 0.4) is 0 Å². The summed E-state index contributed by atoms with van der Waals surface area (Å²) in [6.07, 6.45) is 5.04. The van der Waals surface area contributed by atoms with Crippen LogP contribution in [0.4, 0.5) is 5.69 Å². The first-order valence-electron chi connectivity index (χ1n) is 3.99. The fourth-order valence-corrected chi connectivity index (χ4v) is 1.50. The van der Waals surface area contributed by atoms with Gasteiger partial charge >= 0.3 is 0 Å². The lowest BCUT2D eigenvalue weighted by molar-refractivity contribution is 0.474. The molecule has 0 radical (unpaired) electrons. The van der Waals surface area contributed by atoms with Gasteiger partial charge in [-0.3, -0.25) is 0 Å². The molecular formula is C10H11NO. The zero-order valence-electron chi connectivity index (χ0n) is 6.99. The van der Waals surface area contributed by atoms with E-state index in [0.717, 1.165) is 6.42 Å². The summed E-state index contributed by atoms with van der Waals surface area (Å²) in [6, 6.07) is 5.47. The lowest BCUT2D eigenvalue weighted by atomic mass is 10.1. The van der Waals surface area contributed by atoms with Crippen LogP contribution in [0.15, 0.2) is 30.5 Å². The Balaban J connectivity index is 2.51. The van der Waals surface area contributed by atoms with Crippen molar-refractivity contribution in [1.82, 2.24) is 0 Å². The summed E-state index contributed by atoms with van der Waals surface area (Å²) in [6.45, 7) is 0. The quantitative estimate of drug-likeness (QED) is 0.628. The van der Waals surface area contributed by atoms with Crippen LogP contribution in [0.25, 0.3) is 0 Å². The van der Waals surface area contributed by atoms with Gasteiger partial charge in [-0.15, -0.1) is 0 Å². The minimum atomic E-state index is 0.345. The van der Waals surface area contributed by atoms with E-state index in [1.807, 2.05) is 25.4 Å². The fourth-order valence-electron chi connectivity index (χ4n) is 1.50. The number of aromatic hydroxyl groups is 1. The molecule has 12 heavy (non-hydrogen) atoms. The number of phenolic OH excluding ortho intramolecular Hbond substituents is 1. The first-order valence-corrected chi connectivity index (χ1v) is 3.99. The standard InChI is InChI=1S/C10H11NO/c1-11-6-2-3-8-7-9(12)4-5-10(8)11/h2,4-7,12H,3H2,1H3. The predicted octanol–water partition coefficient (Wildman–Crippen LogP) is 1.90. The molecule has 0 unspecified atom stereocenters. The number of benzene rings is 1. The Kier molecular flexibility index (Phi) is 1.54. The third kappa shape index (κ3) is 1.05. The highest BCUT2D eigenvalue weighted by molar-refractivity contribution is 5.60. The second-order valence-corrected chi connectivity index (χ2v) is 3.01. The van der Waals surface area contributed by atoms with Gasteiger partial charge in [0.1, 0.15) is 5.75 Å². The molecule has 2 nitrogen and oxygen atoms in total. The van der Waals surface area contributed by atoms with E-state index in [4.69, 9.17) is 0 Å². The summed E-state index contributed by atoms with van der Waals surface area (Å²) in [5, 5.41) is 9.23. The first kappa shape index (κ1) is 7.22. The van der Waals surface area contributed by atoms with E-state index in [1.165, 1.54) is 11.3 Å².